The maximum Gasteiger partial charge on any atom is 0.318 e. The molecule has 0 aliphatic carbocycles. The van der Waals surface area contributed by atoms with E-state index in [4.69, 9.17) is 5.73 Å². The normalized spacial score (nSPS) is 17.9. The van der Waals surface area contributed by atoms with E-state index in [2.05, 4.69) is 0 Å². The van der Waals surface area contributed by atoms with Crippen LogP contribution in [0.25, 0.3) is 0 Å². The number of nitrogens with one attached hydrogen (secondary N) is 1. The van der Waals surface area contributed by atoms with E-state index in [1.807, 2.05) is 23.2 Å². The van der Waals surface area contributed by atoms with Crippen molar-refractivity contribution in [3.63, 3.8) is 0 Å². The number of nitrogens with zero attached hydrogens (tertiary/aromatic N) is 2. The Morgan fingerprint density at radius 1 is 1.16 bits per heavy atom. The van der Waals surface area contributed by atoms with Crippen LogP contribution in [0.2, 0.25) is 0 Å². The maximum absolute atomic E-state index is 12.9. The zero-order valence-corrected chi connectivity index (χ0v) is 15.5. The first-order valence-corrected chi connectivity index (χ1v) is 9.48. The van der Waals surface area contributed by atoms with Gasteiger partial charge >= 0.3 is 6.03 Å². The average molecular weight is 368 g/mol. The van der Waals surface area contributed by atoms with Crippen LogP contribution in [-0.2, 0) is 14.8 Å². The molecule has 0 unspecified atom stereocenters. The fourth-order valence-electron chi connectivity index (χ4n) is 2.85. The Hall–Kier alpha value is -1.97. The second kappa shape index (κ2) is 7.51. The lowest BCUT2D eigenvalue weighted by Gasteiger charge is -2.36. The summed E-state index contributed by atoms with van der Waals surface area (Å²) in [6.45, 7) is 6.66. The van der Waals surface area contributed by atoms with Crippen LogP contribution in [0.15, 0.2) is 23.1 Å². The van der Waals surface area contributed by atoms with Gasteiger partial charge in [-0.15, -0.1) is 0 Å². The van der Waals surface area contributed by atoms with Crippen LogP contribution in [0.4, 0.5) is 4.79 Å². The Morgan fingerprint density at radius 2 is 1.76 bits per heavy atom. The van der Waals surface area contributed by atoms with Crippen LogP contribution in [0, 0.1) is 13.8 Å². The molecule has 1 atom stereocenters. The predicted octanol–water partition coefficient (Wildman–Crippen LogP) is 0.193. The summed E-state index contributed by atoms with van der Waals surface area (Å²) in [6.07, 6.45) is 0. The molecule has 0 aromatic heterocycles. The number of benzene rings is 1. The first kappa shape index (κ1) is 19.4. The molecule has 3 N–H and O–H groups in total. The van der Waals surface area contributed by atoms with Crippen LogP contribution in [0.1, 0.15) is 18.1 Å². The zero-order valence-electron chi connectivity index (χ0n) is 14.7. The SMILES string of the molecule is Cc1ccc(C)c(S(=O)(=O)N2CCN([C@H](C)C(=O)NC(N)=O)CC2)c1. The van der Waals surface area contributed by atoms with Crippen LogP contribution < -0.4 is 11.1 Å². The highest BCUT2D eigenvalue weighted by Crippen LogP contribution is 2.22. The smallest absolute Gasteiger partial charge is 0.318 e. The molecule has 1 fully saturated rings. The van der Waals surface area contributed by atoms with E-state index in [-0.39, 0.29) is 13.1 Å². The van der Waals surface area contributed by atoms with Crippen LogP contribution >= 0.6 is 0 Å². The third-order valence-corrected chi connectivity index (χ3v) is 6.45. The molecule has 0 spiro atoms. The molecule has 0 bridgehead atoms. The predicted molar refractivity (Wildman–Crippen MR) is 93.4 cm³/mol. The minimum absolute atomic E-state index is 0.282. The van der Waals surface area contributed by atoms with Crippen molar-refractivity contribution in [3.05, 3.63) is 29.3 Å². The molecule has 138 valence electrons. The number of urea groups is 1. The van der Waals surface area contributed by atoms with Crippen molar-refractivity contribution in [2.75, 3.05) is 26.2 Å². The topological polar surface area (TPSA) is 113 Å². The van der Waals surface area contributed by atoms with Gasteiger partial charge in [0.05, 0.1) is 10.9 Å². The van der Waals surface area contributed by atoms with Gasteiger partial charge in [0.1, 0.15) is 0 Å². The highest BCUT2D eigenvalue weighted by molar-refractivity contribution is 7.89. The molecule has 0 saturated carbocycles. The Bertz CT molecular complexity index is 770. The maximum atomic E-state index is 12.9. The van der Waals surface area contributed by atoms with Gasteiger partial charge in [-0.3, -0.25) is 15.0 Å². The minimum Gasteiger partial charge on any atom is -0.351 e. The van der Waals surface area contributed by atoms with E-state index in [0.717, 1.165) is 5.56 Å². The quantitative estimate of drug-likeness (QED) is 0.788. The molecule has 1 saturated heterocycles. The summed E-state index contributed by atoms with van der Waals surface area (Å²) in [5.41, 5.74) is 6.55. The third-order valence-electron chi connectivity index (χ3n) is 4.41. The Kier molecular flexibility index (Phi) is 5.81. The van der Waals surface area contributed by atoms with Gasteiger partial charge in [-0.2, -0.15) is 4.31 Å². The van der Waals surface area contributed by atoms with Crippen molar-refractivity contribution in [2.45, 2.75) is 31.7 Å². The van der Waals surface area contributed by atoms with Crippen LogP contribution in [0.3, 0.4) is 0 Å². The third kappa shape index (κ3) is 4.36. The van der Waals surface area contributed by atoms with Gasteiger partial charge in [0.25, 0.3) is 0 Å². The molecule has 1 aliphatic rings. The second-order valence-corrected chi connectivity index (χ2v) is 8.14. The summed E-state index contributed by atoms with van der Waals surface area (Å²) in [5, 5.41) is 2.05. The van der Waals surface area contributed by atoms with Crippen LogP contribution in [-0.4, -0.2) is 61.8 Å². The monoisotopic (exact) mass is 368 g/mol. The van der Waals surface area contributed by atoms with E-state index in [1.165, 1.54) is 4.31 Å². The van der Waals surface area contributed by atoms with E-state index in [9.17, 15) is 18.0 Å². The van der Waals surface area contributed by atoms with E-state index >= 15 is 0 Å². The molecule has 25 heavy (non-hydrogen) atoms. The second-order valence-electron chi connectivity index (χ2n) is 6.24. The number of carbonyl (C=O) groups is 2. The molecule has 8 nitrogen and oxygen atoms in total. The van der Waals surface area contributed by atoms with E-state index < -0.39 is 28.0 Å². The number of imide groups is 1. The highest BCUT2D eigenvalue weighted by atomic mass is 32.2. The number of primary amides is 1. The van der Waals surface area contributed by atoms with Gasteiger partial charge in [0, 0.05) is 26.2 Å². The number of piperazine rings is 1. The molecule has 3 amide bonds. The van der Waals surface area contributed by atoms with Crippen molar-refractivity contribution in [1.82, 2.24) is 14.5 Å². The van der Waals surface area contributed by atoms with Gasteiger partial charge < -0.3 is 5.73 Å². The lowest BCUT2D eigenvalue weighted by molar-refractivity contribution is -0.125. The Labute approximate surface area is 148 Å². The Balaban J connectivity index is 2.07. The molecule has 1 aliphatic heterocycles. The summed E-state index contributed by atoms with van der Waals surface area (Å²) in [4.78, 5) is 24.8. The number of amides is 3. The molecular weight excluding hydrogens is 344 g/mol. The molecular formula is C16H24N4O4S. The van der Waals surface area contributed by atoms with Crippen molar-refractivity contribution in [1.29, 1.82) is 0 Å². The fraction of sp³-hybridized carbons (Fsp3) is 0.500. The number of rotatable bonds is 4. The van der Waals surface area contributed by atoms with Crippen molar-refractivity contribution in [3.8, 4) is 0 Å². The standard InChI is InChI=1S/C16H24N4O4S/c1-11-4-5-12(2)14(10-11)25(23,24)20-8-6-19(7-9-20)13(3)15(21)18-16(17)22/h4-5,10,13H,6-9H2,1-3H3,(H3,17,18,21,22)/t13-/m1/s1. The van der Waals surface area contributed by atoms with Gasteiger partial charge in [-0.05, 0) is 38.0 Å². The summed E-state index contributed by atoms with van der Waals surface area (Å²) in [7, 11) is -3.57. The van der Waals surface area contributed by atoms with E-state index in [0.29, 0.717) is 23.5 Å². The summed E-state index contributed by atoms with van der Waals surface area (Å²) in [5.74, 6) is -0.488. The molecule has 1 aromatic rings. The fourth-order valence-corrected chi connectivity index (χ4v) is 4.58. The molecule has 1 heterocycles. The number of nitrogens with two attached hydrogens (primary N) is 1. The number of aryl methyl sites for hydroxylation is 2. The van der Waals surface area contributed by atoms with Gasteiger partial charge in [0.2, 0.25) is 15.9 Å². The average Bonchev–Trinajstić information content (AvgIpc) is 2.55. The molecule has 0 radical (unpaired) electrons. The summed E-state index contributed by atoms with van der Waals surface area (Å²) >= 11 is 0. The summed E-state index contributed by atoms with van der Waals surface area (Å²) < 4.78 is 27.2. The number of sulfonamides is 1. The van der Waals surface area contributed by atoms with Gasteiger partial charge in [-0.1, -0.05) is 12.1 Å². The minimum atomic E-state index is -3.57. The first-order chi connectivity index (χ1) is 11.6. The number of carbonyl (C=O) groups excluding carboxylic acids is 2. The van der Waals surface area contributed by atoms with Gasteiger partial charge in [-0.25, -0.2) is 13.2 Å². The number of hydrogen-bond donors (Lipinski definition) is 2. The molecule has 9 heteroatoms. The summed E-state index contributed by atoms with van der Waals surface area (Å²) in [6, 6.07) is 3.91. The number of hydrogen-bond acceptors (Lipinski definition) is 5. The van der Waals surface area contributed by atoms with Crippen LogP contribution in [0.5, 0.6) is 0 Å². The van der Waals surface area contributed by atoms with Crippen molar-refractivity contribution in [2.24, 2.45) is 5.73 Å². The lowest BCUT2D eigenvalue weighted by Crippen LogP contribution is -2.55. The Morgan fingerprint density at radius 3 is 2.32 bits per heavy atom. The molecule has 2 rings (SSSR count). The highest BCUT2D eigenvalue weighted by Gasteiger charge is 2.32. The van der Waals surface area contributed by atoms with Gasteiger partial charge in [0.15, 0.2) is 0 Å². The lowest BCUT2D eigenvalue weighted by atomic mass is 10.2. The molecule has 1 aromatic carbocycles. The van der Waals surface area contributed by atoms with Crippen molar-refractivity contribution >= 4 is 22.0 Å². The largest absolute Gasteiger partial charge is 0.351 e. The zero-order chi connectivity index (χ0) is 18.8. The van der Waals surface area contributed by atoms with Crippen molar-refractivity contribution < 1.29 is 18.0 Å². The first-order valence-electron chi connectivity index (χ1n) is 8.04. The van der Waals surface area contributed by atoms with E-state index in [1.54, 1.807) is 26.0 Å².